The van der Waals surface area contributed by atoms with Gasteiger partial charge in [0.15, 0.2) is 0 Å². The summed E-state index contributed by atoms with van der Waals surface area (Å²) in [6.45, 7) is 9.71. The SMILES string of the molecule is CCCC(N)C(CC)N1CCC(OCC)CC1. The number of rotatable bonds is 7. The van der Waals surface area contributed by atoms with Crippen molar-refractivity contribution in [3.63, 3.8) is 0 Å². The highest BCUT2D eigenvalue weighted by Gasteiger charge is 2.27. The van der Waals surface area contributed by atoms with E-state index in [9.17, 15) is 0 Å². The smallest absolute Gasteiger partial charge is 0.0599 e. The van der Waals surface area contributed by atoms with Gasteiger partial charge in [-0.15, -0.1) is 0 Å². The molecule has 3 heteroatoms. The second-order valence-electron chi connectivity index (χ2n) is 5.12. The fourth-order valence-electron chi connectivity index (χ4n) is 2.97. The summed E-state index contributed by atoms with van der Waals surface area (Å²) in [5, 5.41) is 0. The lowest BCUT2D eigenvalue weighted by atomic mass is 9.97. The van der Waals surface area contributed by atoms with Crippen LogP contribution in [0.1, 0.15) is 52.9 Å². The van der Waals surface area contributed by atoms with Crippen molar-refractivity contribution in [3.05, 3.63) is 0 Å². The molecule has 0 radical (unpaired) electrons. The monoisotopic (exact) mass is 242 g/mol. The first kappa shape index (κ1) is 14.9. The van der Waals surface area contributed by atoms with Crippen molar-refractivity contribution in [2.45, 2.75) is 71.1 Å². The van der Waals surface area contributed by atoms with E-state index in [0.717, 1.165) is 26.1 Å². The summed E-state index contributed by atoms with van der Waals surface area (Å²) < 4.78 is 5.69. The summed E-state index contributed by atoms with van der Waals surface area (Å²) in [7, 11) is 0. The molecule has 1 fully saturated rings. The van der Waals surface area contributed by atoms with Crippen LogP contribution in [-0.2, 0) is 4.74 Å². The zero-order valence-electron chi connectivity index (χ0n) is 11.8. The molecule has 2 atom stereocenters. The fraction of sp³-hybridized carbons (Fsp3) is 1.00. The highest BCUT2D eigenvalue weighted by Crippen LogP contribution is 2.20. The van der Waals surface area contributed by atoms with Gasteiger partial charge in [-0.25, -0.2) is 0 Å². The van der Waals surface area contributed by atoms with Gasteiger partial charge in [-0.1, -0.05) is 20.3 Å². The zero-order chi connectivity index (χ0) is 12.7. The lowest BCUT2D eigenvalue weighted by Crippen LogP contribution is -2.51. The molecule has 0 saturated carbocycles. The van der Waals surface area contributed by atoms with Crippen LogP contribution in [0.25, 0.3) is 0 Å². The van der Waals surface area contributed by atoms with E-state index >= 15 is 0 Å². The molecule has 2 N–H and O–H groups in total. The number of piperidine rings is 1. The molecule has 0 spiro atoms. The molecule has 0 aliphatic carbocycles. The van der Waals surface area contributed by atoms with E-state index in [-0.39, 0.29) is 0 Å². The van der Waals surface area contributed by atoms with Gasteiger partial charge in [-0.2, -0.15) is 0 Å². The average Bonchev–Trinajstić information content (AvgIpc) is 2.33. The molecular formula is C14H30N2O. The van der Waals surface area contributed by atoms with Crippen LogP contribution < -0.4 is 5.73 Å². The van der Waals surface area contributed by atoms with Gasteiger partial charge in [0.25, 0.3) is 0 Å². The molecule has 0 aromatic heterocycles. The van der Waals surface area contributed by atoms with E-state index in [2.05, 4.69) is 25.7 Å². The second kappa shape index (κ2) is 8.06. The molecule has 0 bridgehead atoms. The molecule has 102 valence electrons. The number of hydrogen-bond donors (Lipinski definition) is 1. The van der Waals surface area contributed by atoms with E-state index < -0.39 is 0 Å². The number of likely N-dealkylation sites (tertiary alicyclic amines) is 1. The van der Waals surface area contributed by atoms with E-state index in [1.54, 1.807) is 0 Å². The van der Waals surface area contributed by atoms with E-state index in [1.165, 1.54) is 25.7 Å². The highest BCUT2D eigenvalue weighted by molar-refractivity contribution is 4.84. The van der Waals surface area contributed by atoms with Crippen molar-refractivity contribution in [2.75, 3.05) is 19.7 Å². The quantitative estimate of drug-likeness (QED) is 0.745. The van der Waals surface area contributed by atoms with Crippen LogP contribution in [0.2, 0.25) is 0 Å². The van der Waals surface area contributed by atoms with Gasteiger partial charge in [0.2, 0.25) is 0 Å². The van der Waals surface area contributed by atoms with Gasteiger partial charge in [-0.05, 0) is 32.6 Å². The molecule has 1 aliphatic heterocycles. The molecule has 0 aromatic carbocycles. The Balaban J connectivity index is 2.39. The Labute approximate surface area is 107 Å². The summed E-state index contributed by atoms with van der Waals surface area (Å²) in [5.74, 6) is 0. The zero-order valence-corrected chi connectivity index (χ0v) is 11.8. The molecule has 1 aliphatic rings. The van der Waals surface area contributed by atoms with Crippen LogP contribution in [0.5, 0.6) is 0 Å². The Morgan fingerprint density at radius 2 is 1.88 bits per heavy atom. The lowest BCUT2D eigenvalue weighted by molar-refractivity contribution is 0.0000718. The third-order valence-electron chi connectivity index (χ3n) is 3.88. The minimum absolute atomic E-state index is 0.341. The third kappa shape index (κ3) is 4.57. The molecular weight excluding hydrogens is 212 g/mol. The van der Waals surface area contributed by atoms with Crippen molar-refractivity contribution in [1.82, 2.24) is 4.90 Å². The normalized spacial score (nSPS) is 22.6. The Bertz CT molecular complexity index is 191. The maximum absolute atomic E-state index is 6.29. The minimum Gasteiger partial charge on any atom is -0.378 e. The maximum atomic E-state index is 6.29. The first-order valence-corrected chi connectivity index (χ1v) is 7.34. The van der Waals surface area contributed by atoms with Crippen LogP contribution in [0.15, 0.2) is 0 Å². The molecule has 1 saturated heterocycles. The average molecular weight is 242 g/mol. The van der Waals surface area contributed by atoms with Gasteiger partial charge in [-0.3, -0.25) is 4.90 Å². The predicted octanol–water partition coefficient (Wildman–Crippen LogP) is 2.39. The maximum Gasteiger partial charge on any atom is 0.0599 e. The fourth-order valence-corrected chi connectivity index (χ4v) is 2.97. The molecule has 2 unspecified atom stereocenters. The van der Waals surface area contributed by atoms with Crippen molar-refractivity contribution >= 4 is 0 Å². The number of hydrogen-bond acceptors (Lipinski definition) is 3. The number of ether oxygens (including phenoxy) is 1. The molecule has 0 aromatic rings. The van der Waals surface area contributed by atoms with Crippen molar-refractivity contribution in [1.29, 1.82) is 0 Å². The number of nitrogens with two attached hydrogens (primary N) is 1. The van der Waals surface area contributed by atoms with Gasteiger partial charge < -0.3 is 10.5 Å². The summed E-state index contributed by atoms with van der Waals surface area (Å²) >= 11 is 0. The summed E-state index contributed by atoms with van der Waals surface area (Å²) in [6, 6.07) is 0.908. The molecule has 0 amide bonds. The first-order chi connectivity index (χ1) is 8.22. The first-order valence-electron chi connectivity index (χ1n) is 7.34. The Kier molecular flexibility index (Phi) is 7.09. The number of nitrogens with zero attached hydrogens (tertiary/aromatic N) is 1. The van der Waals surface area contributed by atoms with E-state index in [0.29, 0.717) is 18.2 Å². The molecule has 1 rings (SSSR count). The minimum atomic E-state index is 0.341. The topological polar surface area (TPSA) is 38.5 Å². The standard InChI is InChI=1S/C14H30N2O/c1-4-7-13(15)14(5-2)16-10-8-12(9-11-16)17-6-3/h12-14H,4-11,15H2,1-3H3. The van der Waals surface area contributed by atoms with E-state index in [4.69, 9.17) is 10.5 Å². The Hall–Kier alpha value is -0.120. The largest absolute Gasteiger partial charge is 0.378 e. The Morgan fingerprint density at radius 3 is 2.35 bits per heavy atom. The molecule has 17 heavy (non-hydrogen) atoms. The summed E-state index contributed by atoms with van der Waals surface area (Å²) in [4.78, 5) is 2.58. The molecule has 1 heterocycles. The van der Waals surface area contributed by atoms with Crippen LogP contribution >= 0.6 is 0 Å². The van der Waals surface area contributed by atoms with Gasteiger partial charge in [0.05, 0.1) is 6.10 Å². The summed E-state index contributed by atoms with van der Waals surface area (Å²) in [5.41, 5.74) is 6.29. The van der Waals surface area contributed by atoms with E-state index in [1.807, 2.05) is 0 Å². The van der Waals surface area contributed by atoms with Crippen LogP contribution in [0.4, 0.5) is 0 Å². The highest BCUT2D eigenvalue weighted by atomic mass is 16.5. The van der Waals surface area contributed by atoms with Crippen molar-refractivity contribution < 1.29 is 4.74 Å². The third-order valence-corrected chi connectivity index (χ3v) is 3.88. The van der Waals surface area contributed by atoms with Gasteiger partial charge in [0.1, 0.15) is 0 Å². The second-order valence-corrected chi connectivity index (χ2v) is 5.12. The summed E-state index contributed by atoms with van der Waals surface area (Å²) in [6.07, 6.45) is 6.32. The van der Waals surface area contributed by atoms with Crippen LogP contribution in [-0.4, -0.2) is 42.8 Å². The lowest BCUT2D eigenvalue weighted by Gasteiger charge is -2.39. The van der Waals surface area contributed by atoms with Crippen molar-refractivity contribution in [3.8, 4) is 0 Å². The van der Waals surface area contributed by atoms with Crippen LogP contribution in [0, 0.1) is 0 Å². The molecule has 3 nitrogen and oxygen atoms in total. The van der Waals surface area contributed by atoms with Crippen LogP contribution in [0.3, 0.4) is 0 Å². The van der Waals surface area contributed by atoms with Crippen molar-refractivity contribution in [2.24, 2.45) is 5.73 Å². The Morgan fingerprint density at radius 1 is 1.24 bits per heavy atom. The van der Waals surface area contributed by atoms with Gasteiger partial charge in [0, 0.05) is 31.8 Å². The predicted molar refractivity (Wildman–Crippen MR) is 73.2 cm³/mol. The van der Waals surface area contributed by atoms with Gasteiger partial charge >= 0.3 is 0 Å².